The Kier molecular flexibility index (Phi) is 5.99. The van der Waals surface area contributed by atoms with Gasteiger partial charge in [-0.3, -0.25) is 14.5 Å². The molecule has 3 aromatic rings. The molecule has 1 unspecified atom stereocenters. The molecule has 0 saturated heterocycles. The summed E-state index contributed by atoms with van der Waals surface area (Å²) >= 11 is 5.35. The molecule has 0 radical (unpaired) electrons. The highest BCUT2D eigenvalue weighted by atomic mass is 32.1. The highest BCUT2D eigenvalue weighted by Gasteiger charge is 2.16. The largest absolute Gasteiger partial charge is 0.497 e. The maximum Gasteiger partial charge on any atom is 0.240 e. The zero-order valence-corrected chi connectivity index (χ0v) is 18.1. The summed E-state index contributed by atoms with van der Waals surface area (Å²) in [6.45, 7) is 2.12. The van der Waals surface area contributed by atoms with Crippen molar-refractivity contribution in [3.8, 4) is 17.1 Å². The zero-order valence-electron chi connectivity index (χ0n) is 17.3. The van der Waals surface area contributed by atoms with Crippen LogP contribution in [-0.4, -0.2) is 27.8 Å². The van der Waals surface area contributed by atoms with E-state index in [4.69, 9.17) is 17.0 Å². The second kappa shape index (κ2) is 8.83. The number of aromatic amines is 1. The van der Waals surface area contributed by atoms with Crippen molar-refractivity contribution in [3.63, 3.8) is 0 Å². The first-order valence-corrected chi connectivity index (χ1v) is 10.7. The number of hydrogen-bond acceptors (Lipinski definition) is 4. The molecule has 0 fully saturated rings. The molecule has 4 rings (SSSR count). The summed E-state index contributed by atoms with van der Waals surface area (Å²) in [6.07, 6.45) is 4.78. The fourth-order valence-corrected chi connectivity index (χ4v) is 4.16. The minimum atomic E-state index is -0.104. The monoisotopic (exact) mass is 422 g/mol. The van der Waals surface area contributed by atoms with E-state index in [9.17, 15) is 4.79 Å². The summed E-state index contributed by atoms with van der Waals surface area (Å²) in [4.78, 5) is 12.8. The Morgan fingerprint density at radius 2 is 1.93 bits per heavy atom. The lowest BCUT2D eigenvalue weighted by atomic mass is 9.89. The van der Waals surface area contributed by atoms with Crippen LogP contribution in [0.2, 0.25) is 0 Å². The van der Waals surface area contributed by atoms with Crippen molar-refractivity contribution in [1.29, 1.82) is 0 Å². The SMILES string of the molecule is COc1ccc(-c2n[nH]c(=S)n2CC(=O)NC(C)c2ccc3c(c2)CCCC3)cc1. The lowest BCUT2D eigenvalue weighted by molar-refractivity contribution is -0.122. The molecule has 156 valence electrons. The van der Waals surface area contributed by atoms with Gasteiger partial charge in [-0.2, -0.15) is 5.10 Å². The number of carbonyl (C=O) groups is 1. The van der Waals surface area contributed by atoms with Gasteiger partial charge >= 0.3 is 0 Å². The number of fused-ring (bicyclic) bond motifs is 1. The van der Waals surface area contributed by atoms with Crippen LogP contribution >= 0.6 is 12.2 Å². The predicted octanol–water partition coefficient (Wildman–Crippen LogP) is 4.37. The van der Waals surface area contributed by atoms with Crippen LogP contribution in [0.3, 0.4) is 0 Å². The Labute approximate surface area is 181 Å². The highest BCUT2D eigenvalue weighted by Crippen LogP contribution is 2.25. The molecule has 1 atom stereocenters. The van der Waals surface area contributed by atoms with E-state index in [0.29, 0.717) is 10.6 Å². The molecule has 1 aliphatic carbocycles. The standard InChI is InChI=1S/C23H26N4O2S/c1-15(18-8-7-16-5-3-4-6-19(16)13-18)24-21(28)14-27-22(25-26-23(27)30)17-9-11-20(29-2)12-10-17/h7-13,15H,3-6,14H2,1-2H3,(H,24,28)(H,26,30). The molecule has 1 amide bonds. The van der Waals surface area contributed by atoms with E-state index >= 15 is 0 Å². The smallest absolute Gasteiger partial charge is 0.240 e. The summed E-state index contributed by atoms with van der Waals surface area (Å²) in [7, 11) is 1.62. The molecule has 2 aromatic carbocycles. The van der Waals surface area contributed by atoms with Gasteiger partial charge in [0.25, 0.3) is 0 Å². The number of nitrogens with zero attached hydrogens (tertiary/aromatic N) is 2. The summed E-state index contributed by atoms with van der Waals surface area (Å²) < 4.78 is 7.33. The quantitative estimate of drug-likeness (QED) is 0.579. The first-order valence-electron chi connectivity index (χ1n) is 10.3. The summed E-state index contributed by atoms with van der Waals surface area (Å²) in [6, 6.07) is 14.0. The molecule has 2 N–H and O–H groups in total. The van der Waals surface area contributed by atoms with E-state index in [1.807, 2.05) is 31.2 Å². The van der Waals surface area contributed by atoms with Crippen LogP contribution in [0.4, 0.5) is 0 Å². The van der Waals surface area contributed by atoms with Gasteiger partial charge in [0.05, 0.1) is 13.2 Å². The van der Waals surface area contributed by atoms with Gasteiger partial charge in [-0.05, 0) is 85.8 Å². The van der Waals surface area contributed by atoms with Gasteiger partial charge in [-0.15, -0.1) is 0 Å². The number of methoxy groups -OCH3 is 1. The fraction of sp³-hybridized carbons (Fsp3) is 0.348. The second-order valence-corrected chi connectivity index (χ2v) is 8.08. The van der Waals surface area contributed by atoms with Gasteiger partial charge in [-0.1, -0.05) is 18.2 Å². The molecule has 0 aliphatic heterocycles. The number of H-pyrrole nitrogens is 1. The van der Waals surface area contributed by atoms with E-state index < -0.39 is 0 Å². The average molecular weight is 423 g/mol. The van der Waals surface area contributed by atoms with Crippen molar-refractivity contribution in [3.05, 3.63) is 63.9 Å². The molecule has 1 heterocycles. The van der Waals surface area contributed by atoms with Crippen LogP contribution in [0.15, 0.2) is 42.5 Å². The number of carbonyl (C=O) groups excluding carboxylic acids is 1. The maximum atomic E-state index is 12.8. The number of benzene rings is 2. The van der Waals surface area contributed by atoms with Crippen molar-refractivity contribution in [2.45, 2.75) is 45.2 Å². The van der Waals surface area contributed by atoms with Gasteiger partial charge in [0.15, 0.2) is 10.6 Å². The third kappa shape index (κ3) is 4.31. The molecular formula is C23H26N4O2S. The number of aryl methyl sites for hydroxylation is 2. The molecular weight excluding hydrogens is 396 g/mol. The molecule has 0 spiro atoms. The molecule has 30 heavy (non-hydrogen) atoms. The molecule has 1 aliphatic rings. The first kappa shape index (κ1) is 20.3. The second-order valence-electron chi connectivity index (χ2n) is 7.69. The van der Waals surface area contributed by atoms with E-state index in [-0.39, 0.29) is 18.5 Å². The Hall–Kier alpha value is -2.93. The van der Waals surface area contributed by atoms with Crippen molar-refractivity contribution in [2.75, 3.05) is 7.11 Å². The molecule has 1 aromatic heterocycles. The van der Waals surface area contributed by atoms with Crippen LogP contribution in [0.1, 0.15) is 42.5 Å². The lowest BCUT2D eigenvalue weighted by Crippen LogP contribution is -2.30. The Balaban J connectivity index is 1.48. The van der Waals surface area contributed by atoms with Crippen LogP contribution < -0.4 is 10.1 Å². The third-order valence-corrected chi connectivity index (χ3v) is 5.97. The van der Waals surface area contributed by atoms with E-state index in [1.54, 1.807) is 11.7 Å². The van der Waals surface area contributed by atoms with Crippen LogP contribution in [0.25, 0.3) is 11.4 Å². The summed E-state index contributed by atoms with van der Waals surface area (Å²) in [5.74, 6) is 1.28. The molecule has 0 saturated carbocycles. The normalized spacial score (nSPS) is 14.1. The van der Waals surface area contributed by atoms with Crippen molar-refractivity contribution >= 4 is 18.1 Å². The van der Waals surface area contributed by atoms with E-state index in [0.717, 1.165) is 29.7 Å². The van der Waals surface area contributed by atoms with Gasteiger partial charge in [0.1, 0.15) is 12.3 Å². The average Bonchev–Trinajstić information content (AvgIpc) is 3.13. The lowest BCUT2D eigenvalue weighted by Gasteiger charge is -2.20. The number of amides is 1. The van der Waals surface area contributed by atoms with Crippen LogP contribution in [0.5, 0.6) is 5.75 Å². The van der Waals surface area contributed by atoms with Gasteiger partial charge in [-0.25, -0.2) is 0 Å². The van der Waals surface area contributed by atoms with Gasteiger partial charge in [0.2, 0.25) is 5.91 Å². The minimum absolute atomic E-state index is 0.0739. The molecule has 6 nitrogen and oxygen atoms in total. The fourth-order valence-electron chi connectivity index (χ4n) is 3.96. The summed E-state index contributed by atoms with van der Waals surface area (Å²) in [5, 5.41) is 10.2. The third-order valence-electron chi connectivity index (χ3n) is 5.66. The van der Waals surface area contributed by atoms with Crippen LogP contribution in [0, 0.1) is 4.77 Å². The zero-order chi connectivity index (χ0) is 21.1. The minimum Gasteiger partial charge on any atom is -0.497 e. The summed E-state index contributed by atoms with van der Waals surface area (Å²) in [5.41, 5.74) is 4.85. The van der Waals surface area contributed by atoms with Crippen molar-refractivity contribution < 1.29 is 9.53 Å². The number of rotatable bonds is 6. The van der Waals surface area contributed by atoms with Crippen molar-refractivity contribution in [1.82, 2.24) is 20.1 Å². The Bertz CT molecular complexity index is 1100. The predicted molar refractivity (Wildman–Crippen MR) is 119 cm³/mol. The Morgan fingerprint density at radius 3 is 2.67 bits per heavy atom. The first-order chi connectivity index (χ1) is 14.5. The van der Waals surface area contributed by atoms with Gasteiger partial charge in [0, 0.05) is 5.56 Å². The Morgan fingerprint density at radius 1 is 1.20 bits per heavy atom. The number of hydrogen-bond donors (Lipinski definition) is 2. The number of ether oxygens (including phenoxy) is 1. The van der Waals surface area contributed by atoms with E-state index in [1.165, 1.54) is 24.0 Å². The maximum absolute atomic E-state index is 12.8. The number of nitrogens with one attached hydrogen (secondary N) is 2. The van der Waals surface area contributed by atoms with E-state index in [2.05, 4.69) is 33.7 Å². The van der Waals surface area contributed by atoms with Crippen molar-refractivity contribution in [2.24, 2.45) is 0 Å². The topological polar surface area (TPSA) is 71.9 Å². The highest BCUT2D eigenvalue weighted by molar-refractivity contribution is 7.71. The van der Waals surface area contributed by atoms with Crippen LogP contribution in [-0.2, 0) is 24.2 Å². The molecule has 0 bridgehead atoms. The molecule has 7 heteroatoms. The van der Waals surface area contributed by atoms with Gasteiger partial charge < -0.3 is 10.1 Å². The number of aromatic nitrogens is 3.